The first-order valence-corrected chi connectivity index (χ1v) is 2.60. The Kier molecular flexibility index (Phi) is 1.66. The molecule has 1 saturated heterocycles. The van der Waals surface area contributed by atoms with E-state index in [1.165, 1.54) is 6.61 Å². The van der Waals surface area contributed by atoms with E-state index in [0.717, 1.165) is 0 Å². The minimum Gasteiger partial charge on any atom is -0.375 e. The van der Waals surface area contributed by atoms with E-state index < -0.39 is 12.1 Å². The zero-order chi connectivity index (χ0) is 6.91. The van der Waals surface area contributed by atoms with Gasteiger partial charge < -0.3 is 4.74 Å². The molecular weight excluding hydrogens is 133 g/mol. The summed E-state index contributed by atoms with van der Waals surface area (Å²) in [6, 6.07) is 0. The van der Waals surface area contributed by atoms with Crippen LogP contribution in [0.1, 0.15) is 6.42 Å². The summed E-state index contributed by atoms with van der Waals surface area (Å²) in [7, 11) is 0. The first-order chi connectivity index (χ1) is 4.11. The van der Waals surface area contributed by atoms with Gasteiger partial charge in [-0.3, -0.25) is 0 Å². The summed E-state index contributed by atoms with van der Waals surface area (Å²) in [6.45, 7) is 1.00. The number of hydrogen-bond acceptors (Lipinski definition) is 1. The third-order valence-corrected chi connectivity index (χ3v) is 1.26. The average Bonchev–Trinajstić information content (AvgIpc) is 2.08. The van der Waals surface area contributed by atoms with Gasteiger partial charge in [0, 0.05) is 0 Å². The van der Waals surface area contributed by atoms with E-state index >= 15 is 0 Å². The highest BCUT2D eigenvalue weighted by Crippen LogP contribution is 2.33. The number of halogens is 3. The van der Waals surface area contributed by atoms with Crippen molar-refractivity contribution in [2.45, 2.75) is 12.6 Å². The fourth-order valence-corrected chi connectivity index (χ4v) is 0.665. The maximum absolute atomic E-state index is 11.7. The van der Waals surface area contributed by atoms with Crippen molar-refractivity contribution < 1.29 is 17.9 Å². The molecular formula is C5H6F3O. The molecule has 0 aliphatic carbocycles. The van der Waals surface area contributed by atoms with Crippen LogP contribution in [0, 0.1) is 12.5 Å². The molecule has 1 fully saturated rings. The van der Waals surface area contributed by atoms with Gasteiger partial charge in [-0.15, -0.1) is 0 Å². The molecule has 1 atom stereocenters. The van der Waals surface area contributed by atoms with Crippen molar-refractivity contribution in [2.75, 3.05) is 6.61 Å². The van der Waals surface area contributed by atoms with E-state index in [4.69, 9.17) is 0 Å². The summed E-state index contributed by atoms with van der Waals surface area (Å²) in [6.07, 6.45) is -4.07. The summed E-state index contributed by atoms with van der Waals surface area (Å²) in [4.78, 5) is 0. The van der Waals surface area contributed by atoms with Crippen molar-refractivity contribution in [3.05, 3.63) is 6.61 Å². The van der Waals surface area contributed by atoms with Crippen LogP contribution in [-0.2, 0) is 4.74 Å². The highest BCUT2D eigenvalue weighted by atomic mass is 19.4. The third kappa shape index (κ3) is 1.58. The molecule has 0 bridgehead atoms. The van der Waals surface area contributed by atoms with E-state index in [1.54, 1.807) is 0 Å². The Morgan fingerprint density at radius 2 is 2.11 bits per heavy atom. The van der Waals surface area contributed by atoms with Crippen LogP contribution in [0.25, 0.3) is 0 Å². The molecule has 0 spiro atoms. The van der Waals surface area contributed by atoms with Crippen LogP contribution in [0.4, 0.5) is 13.2 Å². The lowest BCUT2D eigenvalue weighted by molar-refractivity contribution is -0.173. The summed E-state index contributed by atoms with van der Waals surface area (Å²) in [5, 5.41) is 0. The van der Waals surface area contributed by atoms with Crippen molar-refractivity contribution >= 4 is 0 Å². The summed E-state index contributed by atoms with van der Waals surface area (Å²) < 4.78 is 39.4. The van der Waals surface area contributed by atoms with Crippen molar-refractivity contribution in [1.29, 1.82) is 0 Å². The van der Waals surface area contributed by atoms with Gasteiger partial charge >= 0.3 is 6.18 Å². The first-order valence-electron chi connectivity index (χ1n) is 2.60. The molecule has 1 radical (unpaired) electrons. The first kappa shape index (κ1) is 6.86. The van der Waals surface area contributed by atoms with Gasteiger partial charge in [0.1, 0.15) is 0 Å². The molecule has 1 rings (SSSR count). The zero-order valence-electron chi connectivity index (χ0n) is 4.61. The van der Waals surface area contributed by atoms with Gasteiger partial charge in [-0.05, 0) is 6.42 Å². The highest BCUT2D eigenvalue weighted by Gasteiger charge is 2.41. The number of rotatable bonds is 0. The Morgan fingerprint density at radius 3 is 2.33 bits per heavy atom. The smallest absolute Gasteiger partial charge is 0.375 e. The topological polar surface area (TPSA) is 9.23 Å². The molecule has 0 aromatic heterocycles. The normalized spacial score (nSPS) is 29.0. The van der Waals surface area contributed by atoms with E-state index in [9.17, 15) is 13.2 Å². The molecule has 1 heterocycles. The molecule has 0 saturated carbocycles. The van der Waals surface area contributed by atoms with Crippen LogP contribution in [0.3, 0.4) is 0 Å². The molecule has 0 aromatic rings. The maximum atomic E-state index is 11.7. The average molecular weight is 139 g/mol. The van der Waals surface area contributed by atoms with Crippen LogP contribution < -0.4 is 0 Å². The van der Waals surface area contributed by atoms with E-state index in [-0.39, 0.29) is 13.0 Å². The predicted octanol–water partition coefficient (Wildman–Crippen LogP) is 1.75. The van der Waals surface area contributed by atoms with Crippen LogP contribution in [0.15, 0.2) is 0 Å². The lowest BCUT2D eigenvalue weighted by atomic mass is 10.1. The summed E-state index contributed by atoms with van der Waals surface area (Å²) >= 11 is 0. The molecule has 0 aromatic carbocycles. The fourth-order valence-electron chi connectivity index (χ4n) is 0.665. The van der Waals surface area contributed by atoms with Crippen LogP contribution in [-0.4, -0.2) is 12.8 Å². The molecule has 9 heavy (non-hydrogen) atoms. The molecule has 1 unspecified atom stereocenters. The van der Waals surface area contributed by atoms with Crippen LogP contribution in [0.2, 0.25) is 0 Å². The number of hydrogen-bond donors (Lipinski definition) is 0. The molecule has 1 aliphatic heterocycles. The summed E-state index contributed by atoms with van der Waals surface area (Å²) in [5.74, 6) is -1.27. The maximum Gasteiger partial charge on any atom is 0.394 e. The van der Waals surface area contributed by atoms with Crippen LogP contribution in [0.5, 0.6) is 0 Å². The lowest BCUT2D eigenvalue weighted by Crippen LogP contribution is -2.22. The fraction of sp³-hybridized carbons (Fsp3) is 0.800. The Morgan fingerprint density at radius 1 is 1.44 bits per heavy atom. The minimum absolute atomic E-state index is 0.00347. The third-order valence-electron chi connectivity index (χ3n) is 1.26. The SMILES string of the molecule is FC(F)(F)C1C[CH]OC1. The Labute approximate surface area is 50.8 Å². The Hall–Kier alpha value is -0.250. The van der Waals surface area contributed by atoms with Gasteiger partial charge in [0.2, 0.25) is 0 Å². The molecule has 53 valence electrons. The van der Waals surface area contributed by atoms with Gasteiger partial charge in [-0.2, -0.15) is 13.2 Å². The lowest BCUT2D eigenvalue weighted by Gasteiger charge is -2.10. The quantitative estimate of drug-likeness (QED) is 0.496. The second-order valence-electron chi connectivity index (χ2n) is 1.97. The second kappa shape index (κ2) is 2.17. The van der Waals surface area contributed by atoms with Crippen molar-refractivity contribution in [2.24, 2.45) is 5.92 Å². The van der Waals surface area contributed by atoms with Gasteiger partial charge in [0.15, 0.2) is 0 Å². The zero-order valence-corrected chi connectivity index (χ0v) is 4.61. The van der Waals surface area contributed by atoms with Crippen molar-refractivity contribution in [3.63, 3.8) is 0 Å². The molecule has 0 amide bonds. The van der Waals surface area contributed by atoms with Gasteiger partial charge in [-0.25, -0.2) is 0 Å². The minimum atomic E-state index is -4.08. The van der Waals surface area contributed by atoms with Crippen LogP contribution >= 0.6 is 0 Å². The number of alkyl halides is 3. The standard InChI is InChI=1S/C5H6F3O/c6-5(7,8)4-1-2-9-3-4/h2,4H,1,3H2. The molecule has 4 heteroatoms. The van der Waals surface area contributed by atoms with Gasteiger partial charge in [0.25, 0.3) is 0 Å². The number of ether oxygens (including phenoxy) is 1. The Balaban J connectivity index is 2.42. The molecule has 1 nitrogen and oxygen atoms in total. The predicted molar refractivity (Wildman–Crippen MR) is 24.4 cm³/mol. The van der Waals surface area contributed by atoms with Gasteiger partial charge in [-0.1, -0.05) is 0 Å². The molecule has 1 aliphatic rings. The Bertz CT molecular complexity index is 92.9. The largest absolute Gasteiger partial charge is 0.394 e. The van der Waals surface area contributed by atoms with Gasteiger partial charge in [0.05, 0.1) is 19.1 Å². The highest BCUT2D eigenvalue weighted by molar-refractivity contribution is 4.76. The molecule has 0 N–H and O–H groups in total. The monoisotopic (exact) mass is 139 g/mol. The second-order valence-corrected chi connectivity index (χ2v) is 1.97. The van der Waals surface area contributed by atoms with E-state index in [1.807, 2.05) is 0 Å². The van der Waals surface area contributed by atoms with Crippen molar-refractivity contribution in [3.8, 4) is 0 Å². The van der Waals surface area contributed by atoms with E-state index in [2.05, 4.69) is 4.74 Å². The van der Waals surface area contributed by atoms with Crippen molar-refractivity contribution in [1.82, 2.24) is 0 Å². The van der Waals surface area contributed by atoms with E-state index in [0.29, 0.717) is 0 Å². The summed E-state index contributed by atoms with van der Waals surface area (Å²) in [5.41, 5.74) is 0.